The van der Waals surface area contributed by atoms with Crippen LogP contribution in [-0.2, 0) is 0 Å². The normalized spacial score (nSPS) is 11.9. The first-order valence-corrected chi connectivity index (χ1v) is 8.12. The monoisotopic (exact) mass is 361 g/mol. The second-order valence-electron chi connectivity index (χ2n) is 5.54. The molecule has 0 saturated heterocycles. The molecule has 0 atom stereocenters. The Morgan fingerprint density at radius 3 is 2.56 bits per heavy atom. The topological polar surface area (TPSA) is 110 Å². The quantitative estimate of drug-likeness (QED) is 0.288. The zero-order valence-electron chi connectivity index (χ0n) is 13.8. The molecular formula is C16H16FN5O2S. The molecule has 0 unspecified atom stereocenters. The molecule has 9 heteroatoms. The zero-order valence-corrected chi connectivity index (χ0v) is 14.6. The molecule has 25 heavy (non-hydrogen) atoms. The fourth-order valence-electron chi connectivity index (χ4n) is 2.78. The predicted molar refractivity (Wildman–Crippen MR) is 93.0 cm³/mol. The number of oxime groups is 1. The number of phenols is 1. The van der Waals surface area contributed by atoms with Crippen molar-refractivity contribution < 1.29 is 14.7 Å². The highest BCUT2D eigenvalue weighted by atomic mass is 32.1. The van der Waals surface area contributed by atoms with Gasteiger partial charge in [-0.3, -0.25) is 0 Å². The van der Waals surface area contributed by atoms with Gasteiger partial charge in [0.25, 0.3) is 0 Å². The molecule has 0 fully saturated rings. The van der Waals surface area contributed by atoms with Gasteiger partial charge in [0.1, 0.15) is 11.4 Å². The summed E-state index contributed by atoms with van der Waals surface area (Å²) < 4.78 is 20.2. The summed E-state index contributed by atoms with van der Waals surface area (Å²) in [5, 5.41) is 26.1. The molecule has 2 aromatic heterocycles. The smallest absolute Gasteiger partial charge is 0.174 e. The van der Waals surface area contributed by atoms with Crippen LogP contribution in [0.4, 0.5) is 4.39 Å². The molecule has 0 aliphatic carbocycles. The van der Waals surface area contributed by atoms with E-state index in [9.17, 15) is 9.50 Å². The number of aromatic hydroxyl groups is 1. The minimum Gasteiger partial charge on any atom is -0.508 e. The summed E-state index contributed by atoms with van der Waals surface area (Å²) in [5.74, 6) is -0.955. The van der Waals surface area contributed by atoms with Gasteiger partial charge in [-0.05, 0) is 44.4 Å². The van der Waals surface area contributed by atoms with Crippen LogP contribution in [0.15, 0.2) is 23.4 Å². The van der Waals surface area contributed by atoms with Crippen molar-refractivity contribution in [1.82, 2.24) is 14.2 Å². The van der Waals surface area contributed by atoms with Crippen LogP contribution in [0.5, 0.6) is 5.75 Å². The molecule has 2 heterocycles. The number of nitrogens with zero attached hydrogens (tertiary/aromatic N) is 4. The molecule has 0 spiro atoms. The maximum Gasteiger partial charge on any atom is 0.174 e. The number of rotatable bonds is 3. The number of benzene rings is 1. The highest BCUT2D eigenvalue weighted by Gasteiger charge is 2.26. The number of phenolic OH excluding ortho intramolecular Hbond substituents is 1. The number of halogens is 1. The van der Waals surface area contributed by atoms with Gasteiger partial charge in [0.15, 0.2) is 11.7 Å². The summed E-state index contributed by atoms with van der Waals surface area (Å²) in [6.07, 6.45) is 0. The number of amidine groups is 1. The Hall–Kier alpha value is -2.94. The summed E-state index contributed by atoms with van der Waals surface area (Å²) >= 11 is 1.31. The maximum atomic E-state index is 14.4. The molecular weight excluding hydrogens is 345 g/mol. The summed E-state index contributed by atoms with van der Waals surface area (Å²) in [6, 6.07) is 3.79. The summed E-state index contributed by atoms with van der Waals surface area (Å²) in [7, 11) is 0. The molecule has 130 valence electrons. The van der Waals surface area contributed by atoms with E-state index in [0.717, 1.165) is 22.2 Å². The predicted octanol–water partition coefficient (Wildman–Crippen LogP) is 2.86. The molecule has 0 aliphatic heterocycles. The van der Waals surface area contributed by atoms with E-state index in [1.807, 2.05) is 13.8 Å². The van der Waals surface area contributed by atoms with E-state index in [1.165, 1.54) is 28.3 Å². The van der Waals surface area contributed by atoms with Crippen molar-refractivity contribution in [1.29, 1.82) is 0 Å². The Morgan fingerprint density at radius 1 is 1.28 bits per heavy atom. The standard InChI is InChI=1S/C16H16FN5O2S/c1-7-14(16(18)20-24)15(13-8(2)21-25-9(13)3)22(19-7)12-5-4-10(23)6-11(12)17/h4-6,23-24H,1-3H3,(H2,18,20). The minimum atomic E-state index is -0.645. The molecule has 1 aromatic carbocycles. The first-order valence-electron chi connectivity index (χ1n) is 7.34. The highest BCUT2D eigenvalue weighted by Crippen LogP contribution is 2.36. The van der Waals surface area contributed by atoms with E-state index in [4.69, 9.17) is 10.9 Å². The van der Waals surface area contributed by atoms with Gasteiger partial charge in [0, 0.05) is 16.5 Å². The average molecular weight is 361 g/mol. The number of nitrogens with two attached hydrogens (primary N) is 1. The van der Waals surface area contributed by atoms with Crippen LogP contribution in [0.2, 0.25) is 0 Å². The van der Waals surface area contributed by atoms with Gasteiger partial charge in [0.2, 0.25) is 0 Å². The third-order valence-corrected chi connectivity index (χ3v) is 4.70. The van der Waals surface area contributed by atoms with Crippen LogP contribution in [0.1, 0.15) is 21.8 Å². The number of aromatic nitrogens is 3. The zero-order chi connectivity index (χ0) is 18.3. The molecule has 0 saturated carbocycles. The molecule has 0 bridgehead atoms. The summed E-state index contributed by atoms with van der Waals surface area (Å²) in [6.45, 7) is 5.40. The minimum absolute atomic E-state index is 0.122. The van der Waals surface area contributed by atoms with Crippen molar-refractivity contribution in [3.63, 3.8) is 0 Å². The van der Waals surface area contributed by atoms with Crippen molar-refractivity contribution in [3.05, 3.63) is 45.8 Å². The average Bonchev–Trinajstić information content (AvgIpc) is 3.06. The van der Waals surface area contributed by atoms with Crippen molar-refractivity contribution in [3.8, 4) is 22.7 Å². The van der Waals surface area contributed by atoms with Gasteiger partial charge < -0.3 is 16.0 Å². The fourth-order valence-corrected chi connectivity index (χ4v) is 3.48. The van der Waals surface area contributed by atoms with Gasteiger partial charge in [-0.15, -0.1) is 0 Å². The second kappa shape index (κ2) is 6.17. The van der Waals surface area contributed by atoms with E-state index in [2.05, 4.69) is 14.6 Å². The lowest BCUT2D eigenvalue weighted by atomic mass is 10.0. The van der Waals surface area contributed by atoms with Crippen LogP contribution >= 0.6 is 11.5 Å². The largest absolute Gasteiger partial charge is 0.508 e. The summed E-state index contributed by atoms with van der Waals surface area (Å²) in [5.41, 5.74) is 8.84. The molecule has 0 radical (unpaired) electrons. The number of aryl methyl sites for hydroxylation is 3. The van der Waals surface area contributed by atoms with E-state index in [0.29, 0.717) is 17.0 Å². The molecule has 0 aliphatic rings. The van der Waals surface area contributed by atoms with E-state index < -0.39 is 5.82 Å². The number of hydrogen-bond acceptors (Lipinski definition) is 6. The highest BCUT2D eigenvalue weighted by molar-refractivity contribution is 7.06. The first-order chi connectivity index (χ1) is 11.8. The van der Waals surface area contributed by atoms with Crippen LogP contribution in [0, 0.1) is 26.6 Å². The molecule has 0 amide bonds. The summed E-state index contributed by atoms with van der Waals surface area (Å²) in [4.78, 5) is 0.893. The van der Waals surface area contributed by atoms with Crippen molar-refractivity contribution in [2.75, 3.05) is 0 Å². The van der Waals surface area contributed by atoms with Crippen molar-refractivity contribution in [2.45, 2.75) is 20.8 Å². The molecule has 3 rings (SSSR count). The lowest BCUT2D eigenvalue weighted by molar-refractivity contribution is 0.318. The van der Waals surface area contributed by atoms with Crippen LogP contribution in [0.25, 0.3) is 16.9 Å². The van der Waals surface area contributed by atoms with Crippen molar-refractivity contribution >= 4 is 17.4 Å². The van der Waals surface area contributed by atoms with Gasteiger partial charge >= 0.3 is 0 Å². The van der Waals surface area contributed by atoms with Crippen LogP contribution in [0.3, 0.4) is 0 Å². The van der Waals surface area contributed by atoms with E-state index >= 15 is 0 Å². The Balaban J connectivity index is 2.41. The molecule has 3 aromatic rings. The van der Waals surface area contributed by atoms with Crippen molar-refractivity contribution in [2.24, 2.45) is 10.9 Å². The fraction of sp³-hybridized carbons (Fsp3) is 0.188. The second-order valence-corrected chi connectivity index (χ2v) is 6.52. The Labute approximate surface area is 147 Å². The van der Waals surface area contributed by atoms with E-state index in [-0.39, 0.29) is 17.3 Å². The Morgan fingerprint density at radius 2 is 2.00 bits per heavy atom. The number of hydrogen-bond donors (Lipinski definition) is 3. The van der Waals surface area contributed by atoms with E-state index in [1.54, 1.807) is 6.92 Å². The SMILES string of the molecule is Cc1nn(-c2ccc(O)cc2F)c(-c2c(C)nsc2C)c1/C(N)=N/O. The Kier molecular flexibility index (Phi) is 4.17. The lowest BCUT2D eigenvalue weighted by Gasteiger charge is -2.11. The van der Waals surface area contributed by atoms with Crippen LogP contribution in [-0.4, -0.2) is 30.3 Å². The van der Waals surface area contributed by atoms with Gasteiger partial charge in [-0.1, -0.05) is 5.16 Å². The third-order valence-electron chi connectivity index (χ3n) is 3.85. The molecule has 4 N–H and O–H groups in total. The molecule has 7 nitrogen and oxygen atoms in total. The third kappa shape index (κ3) is 2.72. The van der Waals surface area contributed by atoms with Gasteiger partial charge in [0.05, 0.1) is 22.6 Å². The van der Waals surface area contributed by atoms with Crippen LogP contribution < -0.4 is 5.73 Å². The first kappa shape index (κ1) is 16.9. The van der Waals surface area contributed by atoms with Gasteiger partial charge in [-0.25, -0.2) is 9.07 Å². The Bertz CT molecular complexity index is 973. The lowest BCUT2D eigenvalue weighted by Crippen LogP contribution is -2.15. The van der Waals surface area contributed by atoms with Gasteiger partial charge in [-0.2, -0.15) is 9.47 Å². The maximum absolute atomic E-state index is 14.4.